The van der Waals surface area contributed by atoms with Gasteiger partial charge in [-0.3, -0.25) is 9.48 Å². The molecule has 0 bridgehead atoms. The van der Waals surface area contributed by atoms with Gasteiger partial charge in [-0.1, -0.05) is 6.92 Å². The highest BCUT2D eigenvalue weighted by atomic mass is 35.5. The highest BCUT2D eigenvalue weighted by Crippen LogP contribution is 2.24. The molecule has 0 aromatic carbocycles. The SMILES string of the molecule is Cc1nn(C)c(C)c1C(=O)NCC1(C)CCCNC1.Cl. The summed E-state index contributed by atoms with van der Waals surface area (Å²) < 4.78 is 1.76. The van der Waals surface area contributed by atoms with Crippen molar-refractivity contribution < 1.29 is 4.79 Å². The van der Waals surface area contributed by atoms with Crippen molar-refractivity contribution in [3.63, 3.8) is 0 Å². The van der Waals surface area contributed by atoms with Crippen molar-refractivity contribution >= 4 is 18.3 Å². The summed E-state index contributed by atoms with van der Waals surface area (Å²) in [6.45, 7) is 8.81. The van der Waals surface area contributed by atoms with E-state index in [0.717, 1.165) is 36.5 Å². The first-order valence-corrected chi connectivity index (χ1v) is 6.92. The van der Waals surface area contributed by atoms with E-state index in [1.807, 2.05) is 20.9 Å². The van der Waals surface area contributed by atoms with Gasteiger partial charge in [-0.05, 0) is 38.6 Å². The molecule has 1 aromatic rings. The Morgan fingerprint density at radius 1 is 1.50 bits per heavy atom. The summed E-state index contributed by atoms with van der Waals surface area (Å²) in [6.07, 6.45) is 2.34. The Morgan fingerprint density at radius 2 is 2.20 bits per heavy atom. The van der Waals surface area contributed by atoms with E-state index in [9.17, 15) is 4.79 Å². The van der Waals surface area contributed by atoms with Crippen molar-refractivity contribution in [3.8, 4) is 0 Å². The maximum absolute atomic E-state index is 12.3. The van der Waals surface area contributed by atoms with Gasteiger partial charge in [0.15, 0.2) is 0 Å². The van der Waals surface area contributed by atoms with Crippen LogP contribution in [0.5, 0.6) is 0 Å². The van der Waals surface area contributed by atoms with Gasteiger partial charge in [-0.2, -0.15) is 5.10 Å². The molecule has 0 saturated carbocycles. The largest absolute Gasteiger partial charge is 0.351 e. The molecule has 1 aromatic heterocycles. The molecular weight excluding hydrogens is 276 g/mol. The topological polar surface area (TPSA) is 59.0 Å². The third-order valence-corrected chi connectivity index (χ3v) is 4.10. The van der Waals surface area contributed by atoms with Crippen LogP contribution in [0.15, 0.2) is 0 Å². The van der Waals surface area contributed by atoms with Crippen molar-refractivity contribution in [2.75, 3.05) is 19.6 Å². The third-order valence-electron chi connectivity index (χ3n) is 4.10. The molecule has 0 aliphatic carbocycles. The summed E-state index contributed by atoms with van der Waals surface area (Å²) in [5.74, 6) is -0.00472. The molecule has 1 unspecified atom stereocenters. The fourth-order valence-corrected chi connectivity index (χ4v) is 2.75. The van der Waals surface area contributed by atoms with E-state index in [0.29, 0.717) is 6.54 Å². The first-order chi connectivity index (χ1) is 8.93. The van der Waals surface area contributed by atoms with Crippen LogP contribution in [-0.4, -0.2) is 35.3 Å². The molecule has 1 aliphatic heterocycles. The number of amides is 1. The van der Waals surface area contributed by atoms with Crippen LogP contribution in [0, 0.1) is 19.3 Å². The van der Waals surface area contributed by atoms with Crippen LogP contribution in [0.4, 0.5) is 0 Å². The zero-order chi connectivity index (χ0) is 14.0. The van der Waals surface area contributed by atoms with Gasteiger partial charge in [0.05, 0.1) is 11.3 Å². The number of hydrogen-bond acceptors (Lipinski definition) is 3. The van der Waals surface area contributed by atoms with E-state index in [1.165, 1.54) is 6.42 Å². The van der Waals surface area contributed by atoms with E-state index in [2.05, 4.69) is 22.7 Å². The number of aromatic nitrogens is 2. The quantitative estimate of drug-likeness (QED) is 0.891. The summed E-state index contributed by atoms with van der Waals surface area (Å²) in [4.78, 5) is 12.3. The highest BCUT2D eigenvalue weighted by Gasteiger charge is 2.28. The first-order valence-electron chi connectivity index (χ1n) is 6.92. The van der Waals surface area contributed by atoms with Gasteiger partial charge in [0.2, 0.25) is 0 Å². The lowest BCUT2D eigenvalue weighted by molar-refractivity contribution is 0.0923. The third kappa shape index (κ3) is 3.52. The van der Waals surface area contributed by atoms with Gasteiger partial charge in [0, 0.05) is 25.8 Å². The minimum atomic E-state index is -0.00472. The Balaban J connectivity index is 0.00000200. The van der Waals surface area contributed by atoms with Crippen LogP contribution in [0.25, 0.3) is 0 Å². The first kappa shape index (κ1) is 17.0. The number of rotatable bonds is 3. The lowest BCUT2D eigenvalue weighted by Crippen LogP contribution is -2.45. The summed E-state index contributed by atoms with van der Waals surface area (Å²) in [5, 5.41) is 10.8. The standard InChI is InChI=1S/C14H24N4O.ClH/c1-10-12(11(2)18(4)17-10)13(19)16-9-14(3)6-5-7-15-8-14;/h15H,5-9H2,1-4H3,(H,16,19);1H. The Bertz CT molecular complexity index is 478. The molecule has 1 amide bonds. The van der Waals surface area contributed by atoms with Crippen molar-refractivity contribution in [2.24, 2.45) is 12.5 Å². The average molecular weight is 301 g/mol. The van der Waals surface area contributed by atoms with Crippen molar-refractivity contribution in [1.82, 2.24) is 20.4 Å². The second-order valence-corrected chi connectivity index (χ2v) is 5.94. The average Bonchev–Trinajstić information content (AvgIpc) is 2.62. The van der Waals surface area contributed by atoms with E-state index < -0.39 is 0 Å². The minimum Gasteiger partial charge on any atom is -0.351 e. The predicted octanol–water partition coefficient (Wildman–Crippen LogP) is 1.58. The van der Waals surface area contributed by atoms with Gasteiger partial charge in [0.25, 0.3) is 5.91 Å². The van der Waals surface area contributed by atoms with E-state index in [1.54, 1.807) is 4.68 Å². The van der Waals surface area contributed by atoms with Gasteiger partial charge in [-0.15, -0.1) is 12.4 Å². The summed E-state index contributed by atoms with van der Waals surface area (Å²) in [7, 11) is 1.87. The molecular formula is C14H25ClN4O. The maximum Gasteiger partial charge on any atom is 0.255 e. The van der Waals surface area contributed by atoms with Gasteiger partial charge < -0.3 is 10.6 Å². The van der Waals surface area contributed by atoms with Crippen LogP contribution in [0.3, 0.4) is 0 Å². The smallest absolute Gasteiger partial charge is 0.255 e. The molecule has 114 valence electrons. The molecule has 20 heavy (non-hydrogen) atoms. The lowest BCUT2D eigenvalue weighted by Gasteiger charge is -2.34. The van der Waals surface area contributed by atoms with Crippen LogP contribution in [0.1, 0.15) is 41.5 Å². The Labute approximate surface area is 126 Å². The number of hydrogen-bond donors (Lipinski definition) is 2. The fraction of sp³-hybridized carbons (Fsp3) is 0.714. The summed E-state index contributed by atoms with van der Waals surface area (Å²) in [5.41, 5.74) is 2.60. The molecule has 5 nitrogen and oxygen atoms in total. The molecule has 2 rings (SSSR count). The zero-order valence-corrected chi connectivity index (χ0v) is 13.6. The Morgan fingerprint density at radius 3 is 2.70 bits per heavy atom. The fourth-order valence-electron chi connectivity index (χ4n) is 2.75. The number of piperidine rings is 1. The lowest BCUT2D eigenvalue weighted by atomic mass is 9.83. The molecule has 1 atom stereocenters. The Hall–Kier alpha value is -1.07. The number of carbonyl (C=O) groups excluding carboxylic acids is 1. The Kier molecular flexibility index (Phi) is 5.59. The van der Waals surface area contributed by atoms with Gasteiger partial charge in [0.1, 0.15) is 0 Å². The molecule has 1 aliphatic rings. The molecule has 6 heteroatoms. The van der Waals surface area contributed by atoms with Crippen molar-refractivity contribution in [2.45, 2.75) is 33.6 Å². The number of carbonyl (C=O) groups is 1. The van der Waals surface area contributed by atoms with Crippen molar-refractivity contribution in [1.29, 1.82) is 0 Å². The number of halogens is 1. The predicted molar refractivity (Wildman–Crippen MR) is 82.5 cm³/mol. The molecule has 1 fully saturated rings. The molecule has 1 saturated heterocycles. The molecule has 0 spiro atoms. The van der Waals surface area contributed by atoms with Crippen LogP contribution in [0.2, 0.25) is 0 Å². The number of aryl methyl sites for hydroxylation is 2. The van der Waals surface area contributed by atoms with Crippen LogP contribution < -0.4 is 10.6 Å². The highest BCUT2D eigenvalue weighted by molar-refractivity contribution is 5.96. The second-order valence-electron chi connectivity index (χ2n) is 5.94. The summed E-state index contributed by atoms with van der Waals surface area (Å²) >= 11 is 0. The van der Waals surface area contributed by atoms with Crippen molar-refractivity contribution in [3.05, 3.63) is 17.0 Å². The van der Waals surface area contributed by atoms with Crippen LogP contribution >= 0.6 is 12.4 Å². The number of nitrogens with zero attached hydrogens (tertiary/aromatic N) is 2. The minimum absolute atomic E-state index is 0. The van der Waals surface area contributed by atoms with Gasteiger partial charge in [-0.25, -0.2) is 0 Å². The molecule has 0 radical (unpaired) electrons. The number of nitrogens with one attached hydrogen (secondary N) is 2. The molecule has 2 N–H and O–H groups in total. The normalized spacial score (nSPS) is 22.2. The maximum atomic E-state index is 12.3. The van der Waals surface area contributed by atoms with E-state index in [4.69, 9.17) is 0 Å². The second kappa shape index (κ2) is 6.59. The van der Waals surface area contributed by atoms with E-state index in [-0.39, 0.29) is 23.7 Å². The van der Waals surface area contributed by atoms with Gasteiger partial charge >= 0.3 is 0 Å². The molecule has 2 heterocycles. The zero-order valence-electron chi connectivity index (χ0n) is 12.7. The van der Waals surface area contributed by atoms with E-state index >= 15 is 0 Å². The summed E-state index contributed by atoms with van der Waals surface area (Å²) in [6, 6.07) is 0. The van der Waals surface area contributed by atoms with Crippen LogP contribution in [-0.2, 0) is 7.05 Å². The monoisotopic (exact) mass is 300 g/mol.